The van der Waals surface area contributed by atoms with Gasteiger partial charge in [-0.3, -0.25) is 4.57 Å². The van der Waals surface area contributed by atoms with Gasteiger partial charge in [0.15, 0.2) is 23.2 Å². The molecule has 4 N–H and O–H groups in total. The number of hydrogen-bond acceptors (Lipinski definition) is 9. The van der Waals surface area contributed by atoms with E-state index in [1.807, 2.05) is 0 Å². The molecule has 2 unspecified atom stereocenters. The smallest absolute Gasteiger partial charge is 0.167 e. The molecular weight excluding hydrogens is 390 g/mol. The van der Waals surface area contributed by atoms with Crippen LogP contribution < -0.4 is 5.32 Å². The molecule has 1 aliphatic rings. The zero-order valence-corrected chi connectivity index (χ0v) is 15.5. The van der Waals surface area contributed by atoms with Gasteiger partial charge in [0.05, 0.1) is 18.0 Å². The quantitative estimate of drug-likeness (QED) is 0.460. The van der Waals surface area contributed by atoms with E-state index in [4.69, 9.17) is 21.1 Å². The molecule has 4 atom stereocenters. The van der Waals surface area contributed by atoms with Crippen molar-refractivity contribution in [3.63, 3.8) is 0 Å². The number of anilines is 2. The van der Waals surface area contributed by atoms with Crippen LogP contribution in [0.1, 0.15) is 6.23 Å². The molecule has 3 heterocycles. The van der Waals surface area contributed by atoms with Crippen LogP contribution in [0, 0.1) is 0 Å². The number of nitrogens with one attached hydrogen (secondary N) is 1. The summed E-state index contributed by atoms with van der Waals surface area (Å²) in [7, 11) is 1.49. The number of aliphatic hydroxyl groups excluding tert-OH is 2. The molecule has 2 aromatic heterocycles. The minimum Gasteiger partial charge on any atom is -0.506 e. The van der Waals surface area contributed by atoms with Gasteiger partial charge < -0.3 is 30.1 Å². The van der Waals surface area contributed by atoms with Gasteiger partial charge in [-0.2, -0.15) is 0 Å². The fraction of sp³-hybridized carbons (Fsp3) is 0.353. The van der Waals surface area contributed by atoms with Crippen LogP contribution in [-0.4, -0.2) is 66.9 Å². The summed E-state index contributed by atoms with van der Waals surface area (Å²) in [6.07, 6.45) is -0.993. The Morgan fingerprint density at radius 2 is 2.07 bits per heavy atom. The van der Waals surface area contributed by atoms with Gasteiger partial charge in [-0.25, -0.2) is 15.0 Å². The van der Waals surface area contributed by atoms with Gasteiger partial charge in [-0.1, -0.05) is 11.6 Å². The summed E-state index contributed by atoms with van der Waals surface area (Å²) in [6.45, 7) is 0.144. The Bertz CT molecular complexity index is 999. The molecule has 3 aromatic rings. The first-order valence-corrected chi connectivity index (χ1v) is 8.81. The van der Waals surface area contributed by atoms with Gasteiger partial charge in [0.25, 0.3) is 0 Å². The molecule has 1 fully saturated rings. The van der Waals surface area contributed by atoms with E-state index in [9.17, 15) is 15.3 Å². The van der Waals surface area contributed by atoms with Crippen LogP contribution in [0.15, 0.2) is 30.9 Å². The zero-order chi connectivity index (χ0) is 19.8. The summed E-state index contributed by atoms with van der Waals surface area (Å²) >= 11 is 5.94. The van der Waals surface area contributed by atoms with Crippen molar-refractivity contribution in [1.82, 2.24) is 19.5 Å². The molecular formula is C17H18ClN5O5. The lowest BCUT2D eigenvalue weighted by molar-refractivity contribution is -0.0580. The fourth-order valence-corrected chi connectivity index (χ4v) is 3.29. The van der Waals surface area contributed by atoms with Crippen LogP contribution in [0.25, 0.3) is 11.2 Å². The standard InChI is InChI=1S/C17H18ClN5O5/c1-27-5-11-13(25)14(26)17(28-11)23-7-21-12-15(19-6-20-16(12)23)22-8-2-3-10(24)9(18)4-8/h2-4,6-7,11,13-14,17,24-26H,5H2,1H3,(H,19,20,22)/t11-,13?,14?,17-/m1/s1. The molecule has 0 aliphatic carbocycles. The fourth-order valence-electron chi connectivity index (χ4n) is 3.11. The van der Waals surface area contributed by atoms with Gasteiger partial charge in [-0.05, 0) is 18.2 Å². The lowest BCUT2D eigenvalue weighted by Crippen LogP contribution is -2.33. The molecule has 0 radical (unpaired) electrons. The average molecular weight is 408 g/mol. The van der Waals surface area contributed by atoms with Gasteiger partial charge in [0.2, 0.25) is 0 Å². The first-order valence-electron chi connectivity index (χ1n) is 8.43. The topological polar surface area (TPSA) is 135 Å². The number of hydrogen-bond donors (Lipinski definition) is 4. The maximum atomic E-state index is 10.4. The first kappa shape index (κ1) is 18.8. The Balaban J connectivity index is 1.66. The third-order valence-electron chi connectivity index (χ3n) is 4.51. The van der Waals surface area contributed by atoms with Crippen LogP contribution in [0.3, 0.4) is 0 Å². The maximum Gasteiger partial charge on any atom is 0.167 e. The zero-order valence-electron chi connectivity index (χ0n) is 14.7. The molecule has 148 valence electrons. The highest BCUT2D eigenvalue weighted by molar-refractivity contribution is 6.32. The van der Waals surface area contributed by atoms with Crippen LogP contribution in [0.4, 0.5) is 11.5 Å². The normalized spacial score (nSPS) is 24.7. The highest BCUT2D eigenvalue weighted by Gasteiger charge is 2.44. The molecule has 0 saturated carbocycles. The summed E-state index contributed by atoms with van der Waals surface area (Å²) in [5.74, 6) is 0.382. The highest BCUT2D eigenvalue weighted by Crippen LogP contribution is 2.33. The number of nitrogens with zero attached hydrogens (tertiary/aromatic N) is 4. The third-order valence-corrected chi connectivity index (χ3v) is 4.81. The molecule has 1 saturated heterocycles. The number of rotatable bonds is 5. The lowest BCUT2D eigenvalue weighted by atomic mass is 10.1. The number of phenols is 1. The number of imidazole rings is 1. The van der Waals surface area contributed by atoms with Crippen molar-refractivity contribution in [2.75, 3.05) is 19.0 Å². The number of aromatic nitrogens is 4. The number of aromatic hydroxyl groups is 1. The minimum atomic E-state index is -1.17. The molecule has 10 nitrogen and oxygen atoms in total. The summed E-state index contributed by atoms with van der Waals surface area (Å²) < 4.78 is 12.3. The Morgan fingerprint density at radius 3 is 2.82 bits per heavy atom. The highest BCUT2D eigenvalue weighted by atomic mass is 35.5. The number of phenolic OH excluding ortho intramolecular Hbond substituents is 1. The number of halogens is 1. The SMILES string of the molecule is COC[C@H]1O[C@@H](n2cnc3c(Nc4ccc(O)c(Cl)c4)ncnc32)C(O)C1O. The molecule has 0 amide bonds. The summed E-state index contributed by atoms with van der Waals surface area (Å²) in [5.41, 5.74) is 1.45. The van der Waals surface area contributed by atoms with E-state index in [2.05, 4.69) is 20.3 Å². The van der Waals surface area contributed by atoms with Crippen LogP contribution >= 0.6 is 11.6 Å². The Kier molecular flexibility index (Phi) is 5.04. The predicted molar refractivity (Wildman–Crippen MR) is 99.5 cm³/mol. The van der Waals surface area contributed by atoms with E-state index in [-0.39, 0.29) is 17.4 Å². The molecule has 0 spiro atoms. The van der Waals surface area contributed by atoms with Crippen molar-refractivity contribution in [2.45, 2.75) is 24.5 Å². The Morgan fingerprint density at radius 1 is 1.25 bits per heavy atom. The number of ether oxygens (including phenoxy) is 2. The molecule has 4 rings (SSSR count). The van der Waals surface area contributed by atoms with Crippen molar-refractivity contribution in [3.05, 3.63) is 35.9 Å². The average Bonchev–Trinajstić information content (AvgIpc) is 3.22. The van der Waals surface area contributed by atoms with Gasteiger partial charge in [0.1, 0.15) is 30.4 Å². The molecule has 28 heavy (non-hydrogen) atoms. The van der Waals surface area contributed by atoms with Crippen molar-refractivity contribution in [1.29, 1.82) is 0 Å². The number of aliphatic hydroxyl groups is 2. The van der Waals surface area contributed by atoms with Gasteiger partial charge in [-0.15, -0.1) is 0 Å². The van der Waals surface area contributed by atoms with E-state index in [1.54, 1.807) is 12.1 Å². The number of benzene rings is 1. The largest absolute Gasteiger partial charge is 0.506 e. The van der Waals surface area contributed by atoms with E-state index >= 15 is 0 Å². The van der Waals surface area contributed by atoms with Gasteiger partial charge >= 0.3 is 0 Å². The molecule has 1 aromatic carbocycles. The van der Waals surface area contributed by atoms with E-state index < -0.39 is 24.5 Å². The second-order valence-electron chi connectivity index (χ2n) is 6.34. The molecule has 1 aliphatic heterocycles. The number of methoxy groups -OCH3 is 1. The van der Waals surface area contributed by atoms with Crippen molar-refractivity contribution >= 4 is 34.3 Å². The van der Waals surface area contributed by atoms with Crippen LogP contribution in [0.2, 0.25) is 5.02 Å². The molecule has 0 bridgehead atoms. The Hall–Kier alpha value is -2.50. The number of fused-ring (bicyclic) bond motifs is 1. The lowest BCUT2D eigenvalue weighted by Gasteiger charge is -2.16. The maximum absolute atomic E-state index is 10.4. The van der Waals surface area contributed by atoms with E-state index in [1.165, 1.54) is 30.4 Å². The van der Waals surface area contributed by atoms with Crippen molar-refractivity contribution in [2.24, 2.45) is 0 Å². The predicted octanol–water partition coefficient (Wildman–Crippen LogP) is 1.19. The van der Waals surface area contributed by atoms with Crippen LogP contribution in [-0.2, 0) is 9.47 Å². The minimum absolute atomic E-state index is 0.0270. The first-order chi connectivity index (χ1) is 13.5. The summed E-state index contributed by atoms with van der Waals surface area (Å²) in [4.78, 5) is 12.7. The molecule has 11 heteroatoms. The van der Waals surface area contributed by atoms with Crippen molar-refractivity contribution in [3.8, 4) is 5.75 Å². The second-order valence-corrected chi connectivity index (χ2v) is 6.75. The summed E-state index contributed by atoms with van der Waals surface area (Å²) in [6, 6.07) is 4.65. The third kappa shape index (κ3) is 3.25. The van der Waals surface area contributed by atoms with Crippen LogP contribution in [0.5, 0.6) is 5.75 Å². The van der Waals surface area contributed by atoms with E-state index in [0.717, 1.165) is 0 Å². The van der Waals surface area contributed by atoms with Crippen molar-refractivity contribution < 1.29 is 24.8 Å². The van der Waals surface area contributed by atoms with Gasteiger partial charge in [0, 0.05) is 12.8 Å². The monoisotopic (exact) mass is 407 g/mol. The Labute approximate surface area is 164 Å². The summed E-state index contributed by atoms with van der Waals surface area (Å²) in [5, 5.41) is 33.3. The van der Waals surface area contributed by atoms with E-state index in [0.29, 0.717) is 22.7 Å². The second kappa shape index (κ2) is 7.49.